The molecule has 5 aliphatic rings. The molecule has 130 heavy (non-hydrogen) atoms. The Morgan fingerprint density at radius 1 is 0.446 bits per heavy atom. The minimum atomic E-state index is -3.91. The zero-order valence-corrected chi connectivity index (χ0v) is 74.1. The van der Waals surface area contributed by atoms with Crippen molar-refractivity contribution in [1.82, 2.24) is 87.9 Å². The molecule has 674 valence electrons. The normalized spacial score (nSPS) is 19.4. The third kappa shape index (κ3) is 20.8. The second-order valence-electron chi connectivity index (χ2n) is 32.4. The molecule has 12 aromatic heterocycles. The summed E-state index contributed by atoms with van der Waals surface area (Å²) in [6.07, 6.45) is 27.0. The number of nitrogens with one attached hydrogen (secondary N) is 3. The molecule has 15 aromatic rings. The minimum absolute atomic E-state index is 0.0590. The molecule has 3 aromatic carbocycles. The average molecular weight is 1820 g/mol. The van der Waals surface area contributed by atoms with Gasteiger partial charge in [-0.1, -0.05) is 111 Å². The third-order valence-electron chi connectivity index (χ3n) is 23.4. The number of aromatic amines is 2. The third-order valence-corrected chi connectivity index (χ3v) is 27.1. The number of pyridine rings is 4. The molecular weight excluding hydrogens is 1710 g/mol. The van der Waals surface area contributed by atoms with Gasteiger partial charge in [-0.15, -0.1) is 0 Å². The summed E-state index contributed by atoms with van der Waals surface area (Å²) in [7, 11) is -7.77. The van der Waals surface area contributed by atoms with Crippen molar-refractivity contribution >= 4 is 122 Å². The number of carbonyl (C=O) groups excluding carboxylic acids is 1. The molecule has 4 saturated heterocycles. The lowest BCUT2D eigenvalue weighted by molar-refractivity contribution is 0.0882. The van der Waals surface area contributed by atoms with Gasteiger partial charge in [0.05, 0.1) is 96.1 Å². The predicted molar refractivity (Wildman–Crippen MR) is 505 cm³/mol. The zero-order chi connectivity index (χ0) is 91.3. The van der Waals surface area contributed by atoms with Gasteiger partial charge in [0.1, 0.15) is 11.3 Å². The quantitative estimate of drug-likeness (QED) is 0.0356. The van der Waals surface area contributed by atoms with Crippen LogP contribution in [0.1, 0.15) is 63.2 Å². The molecule has 0 spiro atoms. The van der Waals surface area contributed by atoms with Gasteiger partial charge in [0.25, 0.3) is 20.0 Å². The molecule has 0 amide bonds. The molecule has 38 heteroatoms. The van der Waals surface area contributed by atoms with Crippen LogP contribution in [0.25, 0.3) is 89.2 Å². The topological polar surface area (TPSA) is 517 Å². The number of nitrogens with zero attached hydrogens (tertiary/aromatic N) is 18. The molecule has 0 unspecified atom stereocenters. The number of nitrogens with two attached hydrogens (primary N) is 5. The van der Waals surface area contributed by atoms with E-state index in [-0.39, 0.29) is 81.2 Å². The number of benzene rings is 3. The van der Waals surface area contributed by atoms with Crippen LogP contribution in [0.15, 0.2) is 236 Å². The van der Waals surface area contributed by atoms with Crippen LogP contribution in [0.2, 0.25) is 5.02 Å². The van der Waals surface area contributed by atoms with Crippen LogP contribution in [0.5, 0.6) is 0 Å². The summed E-state index contributed by atoms with van der Waals surface area (Å²) in [6, 6.07) is 40.0. The van der Waals surface area contributed by atoms with E-state index in [2.05, 4.69) is 121 Å². The molecule has 0 aliphatic carbocycles. The number of H-pyrrole nitrogens is 2. The van der Waals surface area contributed by atoms with Gasteiger partial charge in [-0.05, 0) is 129 Å². The highest BCUT2D eigenvalue weighted by atomic mass is 35.5. The second-order valence-corrected chi connectivity index (χ2v) is 36.4. The minimum Gasteiger partial charge on any atom is -0.393 e. The molecule has 4 fully saturated rings. The Bertz CT molecular complexity index is 6560. The van der Waals surface area contributed by atoms with E-state index in [1.165, 1.54) is 34.7 Å². The maximum Gasteiger partial charge on any atom is 0.269 e. The number of aromatic nitrogens is 16. The van der Waals surface area contributed by atoms with Gasteiger partial charge in [-0.25, -0.2) is 84.6 Å². The summed E-state index contributed by atoms with van der Waals surface area (Å²) >= 11 is 6.34. The van der Waals surface area contributed by atoms with Gasteiger partial charge in [-0.2, -0.15) is 0 Å². The molecule has 35 nitrogen and oxygen atoms in total. The Kier molecular flexibility index (Phi) is 28.8. The number of rotatable bonds is 14. The number of aliphatic hydroxyl groups is 4. The lowest BCUT2D eigenvalue weighted by Crippen LogP contribution is -2.51. The van der Waals surface area contributed by atoms with Gasteiger partial charge < -0.3 is 79.1 Å². The number of piperidine rings is 4. The molecule has 5 aliphatic heterocycles. The van der Waals surface area contributed by atoms with Gasteiger partial charge in [-0.3, -0.25) is 9.69 Å². The summed E-state index contributed by atoms with van der Waals surface area (Å²) in [6.45, 7) is 14.8. The van der Waals surface area contributed by atoms with E-state index in [1.54, 1.807) is 104 Å². The Balaban J connectivity index is 0.000000124. The van der Waals surface area contributed by atoms with E-state index in [4.69, 9.17) is 45.4 Å². The predicted octanol–water partition coefficient (Wildman–Crippen LogP) is 9.90. The molecule has 20 rings (SSSR count). The Hall–Kier alpha value is -13.3. The summed E-state index contributed by atoms with van der Waals surface area (Å²) in [5.74, 6) is 1.63. The van der Waals surface area contributed by atoms with E-state index < -0.39 is 26.2 Å². The highest BCUT2D eigenvalue weighted by Crippen LogP contribution is 2.42. The number of anilines is 7. The van der Waals surface area contributed by atoms with Crippen LogP contribution in [-0.4, -0.2) is 228 Å². The first kappa shape index (κ1) is 91.4. The lowest BCUT2D eigenvalue weighted by Gasteiger charge is -2.36. The van der Waals surface area contributed by atoms with Crippen LogP contribution in [0.3, 0.4) is 0 Å². The molecule has 8 atom stereocenters. The Morgan fingerprint density at radius 3 is 1.27 bits per heavy atom. The first-order chi connectivity index (χ1) is 62.8. The molecule has 0 bridgehead atoms. The van der Waals surface area contributed by atoms with E-state index >= 15 is 0 Å². The summed E-state index contributed by atoms with van der Waals surface area (Å²) in [4.78, 5) is 77.8. The molecule has 17 heterocycles. The van der Waals surface area contributed by atoms with Crippen molar-refractivity contribution < 1.29 is 42.1 Å². The summed E-state index contributed by atoms with van der Waals surface area (Å²) in [5, 5.41) is 45.9. The fourth-order valence-electron chi connectivity index (χ4n) is 16.4. The van der Waals surface area contributed by atoms with Crippen molar-refractivity contribution in [3.05, 3.63) is 237 Å². The van der Waals surface area contributed by atoms with Crippen LogP contribution in [0.4, 0.5) is 40.9 Å². The lowest BCUT2D eigenvalue weighted by atomic mass is 9.96. The standard InChI is InChI=1S/C23H24N6O3S.C17H12ClN5O2S.C17H20N6O.C16H19N7O.C13H15NO.C6H13NO/c1-15-13-28(12-9-20(15)30)19-8-11-25-22-21(19)17(18-7-10-26-23(24)27-18)14-29(22)33(31,32)16-5-3-2-4-6-16;18-13-6-8-20-16-15(13)12(14-7-9-21-17(19)22-14)10-23(16)26(24,25)11-4-2-1-3-5-11;1-10-9-23(7-4-14(10)24)13-3-6-19-16-15(13)11(8-21-16)12-2-5-20-17(18)22-12;17-10-8-23(6-3-13(10)24)12-2-5-19-15-14(12)9(7-21-15)11-1-4-20-16(18)22-11;15-13(12-7-3-1-4-8-12)11-14-9-5-2-6-10-14;1-5-4-7-3-2-6(5)8/h2-8,10-11,14-15,20,30H,9,12-13H2,1H3,(H2,24,26,27);1-10H,(H2,19,21,22);2-3,5-6,8,10,14,24H,4,7,9H2,1H3,(H,19,21)(H2,18,20,22);1-2,4-5,7,10,13,24H,3,6,8,17H2,(H,19,21)(H2,18,20,22);1-5,7-8H,6,9-11H2;5-8H,2-4H2,1H3/t15-,20-;;10-,14-;10-,13-;;5-,6-/m0.00.0/s1. The van der Waals surface area contributed by atoms with Crippen LogP contribution in [-0.2, 0) is 20.0 Å². The van der Waals surface area contributed by atoms with Gasteiger partial charge >= 0.3 is 0 Å². The number of hydrogen-bond donors (Lipinski definition) is 12. The maximum absolute atomic E-state index is 13.6. The smallest absolute Gasteiger partial charge is 0.269 e. The number of aliphatic hydroxyl groups excluding tert-OH is 4. The first-order valence-corrected chi connectivity index (χ1v) is 46.0. The molecular formula is C92H103ClN26O9S2. The average Bonchev–Trinajstić information content (AvgIpc) is 1.58. The van der Waals surface area contributed by atoms with Crippen molar-refractivity contribution in [2.45, 2.75) is 93.1 Å². The van der Waals surface area contributed by atoms with E-state index in [0.717, 1.165) is 136 Å². The second kappa shape index (κ2) is 41.0. The fourth-order valence-corrected chi connectivity index (χ4v) is 19.3. The van der Waals surface area contributed by atoms with Gasteiger partial charge in [0.15, 0.2) is 17.1 Å². The van der Waals surface area contributed by atoms with Crippen molar-refractivity contribution in [1.29, 1.82) is 0 Å². The maximum atomic E-state index is 13.6. The largest absolute Gasteiger partial charge is 0.393 e. The number of fused-ring (bicyclic) bond motifs is 4. The molecule has 0 radical (unpaired) electrons. The zero-order valence-electron chi connectivity index (χ0n) is 71.8. The Morgan fingerprint density at radius 2 is 0.846 bits per heavy atom. The molecule has 0 saturated carbocycles. The molecule has 17 N–H and O–H groups in total. The van der Waals surface area contributed by atoms with Crippen molar-refractivity contribution in [2.24, 2.45) is 23.5 Å². The number of Topliss-reactive ketones (excluding diaryl/α,β-unsaturated/α-hetero) is 1. The Labute approximate surface area is 755 Å². The summed E-state index contributed by atoms with van der Waals surface area (Å²) in [5.41, 5.74) is 40.4. The van der Waals surface area contributed by atoms with Crippen LogP contribution < -0.4 is 48.7 Å². The van der Waals surface area contributed by atoms with E-state index in [0.29, 0.717) is 88.9 Å². The monoisotopic (exact) mass is 1810 g/mol. The fraction of sp³-hybridized carbons (Fsp3) is 0.293. The van der Waals surface area contributed by atoms with Gasteiger partial charge in [0, 0.05) is 178 Å². The van der Waals surface area contributed by atoms with Crippen LogP contribution >= 0.6 is 11.6 Å². The van der Waals surface area contributed by atoms with Gasteiger partial charge in [0.2, 0.25) is 23.8 Å². The number of carbonyl (C=O) groups is 1. The van der Waals surface area contributed by atoms with Crippen molar-refractivity contribution in [3.8, 4) is 45.0 Å². The highest BCUT2D eigenvalue weighted by Gasteiger charge is 2.34. The number of ketones is 1. The number of hydrogen-bond acceptors (Lipinski definition) is 31. The van der Waals surface area contributed by atoms with Crippen molar-refractivity contribution in [3.63, 3.8) is 0 Å². The number of nitrogen functional groups attached to an aromatic ring is 4. The first-order valence-electron chi connectivity index (χ1n) is 42.7. The summed E-state index contributed by atoms with van der Waals surface area (Å²) < 4.78 is 55.6. The van der Waals surface area contributed by atoms with Crippen LogP contribution in [0, 0.1) is 17.8 Å². The van der Waals surface area contributed by atoms with E-state index in [1.807, 2.05) is 86.2 Å². The highest BCUT2D eigenvalue weighted by molar-refractivity contribution is 7.90. The SMILES string of the molecule is C[C@H]1CN(c2ccnc3[nH]cc(-c4ccnc(N)n4)c23)CC[C@@H]1O.C[C@H]1CN(c2ccnc3c2c(-c2ccnc(N)n2)cn3S(=O)(=O)c2ccccc2)CC[C@@H]1O.C[C@H]1CNCC[C@@H]1O.Nc1nccc(-c2c[nH]c3nccc(N4CC[C@H](O)[C@@H](N)C4)c23)n1.Nc1nccc(-c2cn(S(=O)(=O)c3ccccc3)c3nccc(Cl)c23)n1.O=C(CN1CC=CCC1)c1ccccc1. The van der Waals surface area contributed by atoms with Crippen molar-refractivity contribution in [2.75, 3.05) is 110 Å². The number of halogens is 1. The van der Waals surface area contributed by atoms with E-state index in [9.17, 15) is 36.9 Å².